The van der Waals surface area contributed by atoms with Gasteiger partial charge in [0, 0.05) is 6.54 Å². The maximum Gasteiger partial charge on any atom is 0.265 e. The van der Waals surface area contributed by atoms with Crippen molar-refractivity contribution in [3.05, 3.63) is 18.2 Å². The minimum Gasteiger partial charge on any atom is -0.479 e. The number of nitrogens with zero attached hydrogens (tertiary/aromatic N) is 1. The number of anilines is 2. The number of carbonyl (C=O) groups excluding carboxylic acids is 1. The van der Waals surface area contributed by atoms with E-state index in [4.69, 9.17) is 10.5 Å². The summed E-state index contributed by atoms with van der Waals surface area (Å²) in [4.78, 5) is 13.5. The van der Waals surface area contributed by atoms with Gasteiger partial charge in [0.15, 0.2) is 12.4 Å². The standard InChI is InChI=1S/C12H16N2O2/c1-8(2)6-14-10-5-3-4-9(13)12(10)16-7-11(14)15/h3-5,8H,6-7,13H2,1-2H3. The SMILES string of the molecule is CC(C)CN1C(=O)COc2c(N)cccc21. The summed E-state index contributed by atoms with van der Waals surface area (Å²) in [7, 11) is 0. The Hall–Kier alpha value is -1.71. The first-order valence-corrected chi connectivity index (χ1v) is 5.41. The van der Waals surface area contributed by atoms with Crippen LogP contribution in [0.3, 0.4) is 0 Å². The monoisotopic (exact) mass is 220 g/mol. The summed E-state index contributed by atoms with van der Waals surface area (Å²) >= 11 is 0. The molecule has 0 radical (unpaired) electrons. The van der Waals surface area contributed by atoms with Gasteiger partial charge in [-0.25, -0.2) is 0 Å². The summed E-state index contributed by atoms with van der Waals surface area (Å²) in [5, 5.41) is 0. The Morgan fingerprint density at radius 1 is 1.50 bits per heavy atom. The molecule has 0 saturated carbocycles. The highest BCUT2D eigenvalue weighted by Gasteiger charge is 2.26. The second-order valence-electron chi connectivity index (χ2n) is 4.38. The molecule has 1 aromatic rings. The Morgan fingerprint density at radius 2 is 2.25 bits per heavy atom. The van der Waals surface area contributed by atoms with E-state index in [9.17, 15) is 4.79 Å². The number of nitrogen functional groups attached to an aromatic ring is 1. The first-order valence-electron chi connectivity index (χ1n) is 5.41. The number of nitrogens with two attached hydrogens (primary N) is 1. The summed E-state index contributed by atoms with van der Waals surface area (Å²) in [5.41, 5.74) is 7.18. The van der Waals surface area contributed by atoms with Gasteiger partial charge in [0.25, 0.3) is 5.91 Å². The molecule has 0 saturated heterocycles. The number of benzene rings is 1. The zero-order valence-corrected chi connectivity index (χ0v) is 9.56. The van der Waals surface area contributed by atoms with Gasteiger partial charge in [0.1, 0.15) is 0 Å². The third-order valence-electron chi connectivity index (χ3n) is 2.50. The lowest BCUT2D eigenvalue weighted by molar-refractivity contribution is -0.121. The highest BCUT2D eigenvalue weighted by molar-refractivity contribution is 5.99. The lowest BCUT2D eigenvalue weighted by Crippen LogP contribution is -2.41. The van der Waals surface area contributed by atoms with Crippen LogP contribution in [-0.4, -0.2) is 19.1 Å². The van der Waals surface area contributed by atoms with Crippen LogP contribution in [0.2, 0.25) is 0 Å². The van der Waals surface area contributed by atoms with Crippen molar-refractivity contribution in [1.82, 2.24) is 0 Å². The Bertz CT molecular complexity index is 415. The van der Waals surface area contributed by atoms with Gasteiger partial charge in [-0.05, 0) is 18.1 Å². The maximum atomic E-state index is 11.8. The molecule has 0 atom stereocenters. The molecule has 0 bridgehead atoms. The molecule has 1 aliphatic heterocycles. The van der Waals surface area contributed by atoms with E-state index in [-0.39, 0.29) is 12.5 Å². The van der Waals surface area contributed by atoms with Crippen LogP contribution in [0.4, 0.5) is 11.4 Å². The van der Waals surface area contributed by atoms with Gasteiger partial charge in [-0.3, -0.25) is 4.79 Å². The van der Waals surface area contributed by atoms with E-state index in [0.29, 0.717) is 23.9 Å². The van der Waals surface area contributed by atoms with Crippen molar-refractivity contribution in [2.75, 3.05) is 23.8 Å². The third kappa shape index (κ3) is 1.83. The zero-order valence-electron chi connectivity index (χ0n) is 9.56. The summed E-state index contributed by atoms with van der Waals surface area (Å²) in [6.45, 7) is 4.93. The number of ether oxygens (including phenoxy) is 1. The van der Waals surface area contributed by atoms with Crippen molar-refractivity contribution in [1.29, 1.82) is 0 Å². The van der Waals surface area contributed by atoms with E-state index in [1.54, 1.807) is 11.0 Å². The van der Waals surface area contributed by atoms with Gasteiger partial charge in [-0.1, -0.05) is 19.9 Å². The van der Waals surface area contributed by atoms with Crippen molar-refractivity contribution in [3.63, 3.8) is 0 Å². The van der Waals surface area contributed by atoms with Crippen molar-refractivity contribution in [2.45, 2.75) is 13.8 Å². The fourth-order valence-electron chi connectivity index (χ4n) is 1.82. The zero-order chi connectivity index (χ0) is 11.7. The van der Waals surface area contributed by atoms with Crippen LogP contribution in [0.1, 0.15) is 13.8 Å². The molecule has 0 spiro atoms. The predicted octanol–water partition coefficient (Wildman–Crippen LogP) is 1.65. The van der Waals surface area contributed by atoms with Gasteiger partial charge in [-0.15, -0.1) is 0 Å². The van der Waals surface area contributed by atoms with Crippen LogP contribution in [0, 0.1) is 5.92 Å². The smallest absolute Gasteiger partial charge is 0.265 e. The van der Waals surface area contributed by atoms with Crippen LogP contribution < -0.4 is 15.4 Å². The highest BCUT2D eigenvalue weighted by Crippen LogP contribution is 2.37. The van der Waals surface area contributed by atoms with Crippen molar-refractivity contribution < 1.29 is 9.53 Å². The summed E-state index contributed by atoms with van der Waals surface area (Å²) in [6, 6.07) is 5.48. The Labute approximate surface area is 95.0 Å². The molecule has 0 fully saturated rings. The largest absolute Gasteiger partial charge is 0.479 e. The molecular formula is C12H16N2O2. The van der Waals surface area contributed by atoms with Crippen LogP contribution in [0.25, 0.3) is 0 Å². The van der Waals surface area contributed by atoms with Crippen molar-refractivity contribution in [3.8, 4) is 5.75 Å². The molecule has 2 rings (SSSR count). The molecule has 4 nitrogen and oxygen atoms in total. The molecule has 1 aromatic carbocycles. The quantitative estimate of drug-likeness (QED) is 0.771. The molecule has 4 heteroatoms. The molecule has 0 aromatic heterocycles. The Balaban J connectivity index is 2.40. The third-order valence-corrected chi connectivity index (χ3v) is 2.50. The molecule has 16 heavy (non-hydrogen) atoms. The van der Waals surface area contributed by atoms with Gasteiger partial charge in [0.2, 0.25) is 0 Å². The summed E-state index contributed by atoms with van der Waals surface area (Å²) in [5.74, 6) is 1.03. The lowest BCUT2D eigenvalue weighted by Gasteiger charge is -2.31. The van der Waals surface area contributed by atoms with E-state index >= 15 is 0 Å². The Kier molecular flexibility index (Phi) is 2.73. The lowest BCUT2D eigenvalue weighted by atomic mass is 10.1. The Morgan fingerprint density at radius 3 is 2.94 bits per heavy atom. The molecular weight excluding hydrogens is 204 g/mol. The average Bonchev–Trinajstić information content (AvgIpc) is 2.22. The number of fused-ring (bicyclic) bond motifs is 1. The van der Waals surface area contributed by atoms with Gasteiger partial charge < -0.3 is 15.4 Å². The molecule has 0 unspecified atom stereocenters. The first-order chi connectivity index (χ1) is 7.59. The number of hydrogen-bond acceptors (Lipinski definition) is 3. The highest BCUT2D eigenvalue weighted by atomic mass is 16.5. The van der Waals surface area contributed by atoms with E-state index in [1.165, 1.54) is 0 Å². The van der Waals surface area contributed by atoms with Crippen molar-refractivity contribution >= 4 is 17.3 Å². The number of carbonyl (C=O) groups is 1. The van der Waals surface area contributed by atoms with E-state index in [0.717, 1.165) is 5.69 Å². The van der Waals surface area contributed by atoms with Crippen LogP contribution in [0.5, 0.6) is 5.75 Å². The first kappa shape index (κ1) is 10.8. The molecule has 2 N–H and O–H groups in total. The van der Waals surface area contributed by atoms with Gasteiger partial charge >= 0.3 is 0 Å². The van der Waals surface area contributed by atoms with Crippen molar-refractivity contribution in [2.24, 2.45) is 5.92 Å². The molecule has 0 aliphatic carbocycles. The fraction of sp³-hybridized carbons (Fsp3) is 0.417. The summed E-state index contributed by atoms with van der Waals surface area (Å²) in [6.07, 6.45) is 0. The van der Waals surface area contributed by atoms with E-state index < -0.39 is 0 Å². The average molecular weight is 220 g/mol. The van der Waals surface area contributed by atoms with Crippen LogP contribution in [0.15, 0.2) is 18.2 Å². The van der Waals surface area contributed by atoms with Crippen LogP contribution >= 0.6 is 0 Å². The maximum absolute atomic E-state index is 11.8. The predicted molar refractivity (Wildman–Crippen MR) is 63.5 cm³/mol. The minimum absolute atomic E-state index is 0.00759. The number of amides is 1. The summed E-state index contributed by atoms with van der Waals surface area (Å²) < 4.78 is 5.36. The van der Waals surface area contributed by atoms with E-state index in [2.05, 4.69) is 13.8 Å². The topological polar surface area (TPSA) is 55.6 Å². The van der Waals surface area contributed by atoms with Crippen LogP contribution in [-0.2, 0) is 4.79 Å². The molecule has 1 amide bonds. The second kappa shape index (κ2) is 4.04. The van der Waals surface area contributed by atoms with E-state index in [1.807, 2.05) is 12.1 Å². The normalized spacial score (nSPS) is 14.9. The number of hydrogen-bond donors (Lipinski definition) is 1. The van der Waals surface area contributed by atoms with Gasteiger partial charge in [0.05, 0.1) is 11.4 Å². The number of para-hydroxylation sites is 1. The molecule has 86 valence electrons. The second-order valence-corrected chi connectivity index (χ2v) is 4.38. The minimum atomic E-state index is -0.00759. The molecule has 1 aliphatic rings. The number of rotatable bonds is 2. The molecule has 1 heterocycles. The fourth-order valence-corrected chi connectivity index (χ4v) is 1.82. The van der Waals surface area contributed by atoms with Gasteiger partial charge in [-0.2, -0.15) is 0 Å².